The molecule has 2 aliphatic heterocycles. The number of likely N-dealkylation sites (N-methyl/N-ethyl adjacent to an activating group) is 1. The van der Waals surface area contributed by atoms with Gasteiger partial charge in [-0.15, -0.1) is 0 Å². The number of para-hydroxylation sites is 1. The van der Waals surface area contributed by atoms with E-state index in [0.717, 1.165) is 0 Å². The number of nitrogens with zero attached hydrogens (tertiary/aromatic N) is 2. The number of rotatable bonds is 8. The van der Waals surface area contributed by atoms with Crippen molar-refractivity contribution in [3.63, 3.8) is 0 Å². The molecule has 0 aliphatic carbocycles. The molecule has 1 aromatic heterocycles. The van der Waals surface area contributed by atoms with Crippen LogP contribution in [0, 0.1) is 5.92 Å². The van der Waals surface area contributed by atoms with Crippen molar-refractivity contribution < 1.29 is 23.5 Å². The van der Waals surface area contributed by atoms with E-state index in [1.54, 1.807) is 30.3 Å². The minimum absolute atomic E-state index is 0.159. The number of ether oxygens (including phenoxy) is 1. The molecule has 0 radical (unpaired) electrons. The van der Waals surface area contributed by atoms with Gasteiger partial charge in [0.1, 0.15) is 23.3 Å². The van der Waals surface area contributed by atoms with Crippen molar-refractivity contribution in [1.29, 1.82) is 0 Å². The predicted molar refractivity (Wildman–Crippen MR) is 140 cm³/mol. The molecular formula is C29H30N4O5. The molecule has 0 spiro atoms. The van der Waals surface area contributed by atoms with Gasteiger partial charge in [0.05, 0.1) is 36.7 Å². The fraction of sp³-hybridized carbons (Fsp3) is 0.276. The summed E-state index contributed by atoms with van der Waals surface area (Å²) in [7, 11) is 1.63. The van der Waals surface area contributed by atoms with Crippen LogP contribution in [-0.2, 0) is 16.1 Å². The highest BCUT2D eigenvalue weighted by Gasteiger charge is 2.47. The molecule has 196 valence electrons. The van der Waals surface area contributed by atoms with Crippen molar-refractivity contribution in [3.05, 3.63) is 95.6 Å². The predicted octanol–water partition coefficient (Wildman–Crippen LogP) is 4.21. The molecule has 0 saturated heterocycles. The van der Waals surface area contributed by atoms with E-state index in [4.69, 9.17) is 9.15 Å². The summed E-state index contributed by atoms with van der Waals surface area (Å²) < 4.78 is 11.3. The van der Waals surface area contributed by atoms with E-state index >= 15 is 0 Å². The SMILES string of the molecule is CC(C)[C@H](C(=O)NCc1ccco1)N1CC2=C(C1=O)[C@@H](c1cccc(Oc3ccccc3)c1)NC(=O)N2C. The lowest BCUT2D eigenvalue weighted by Crippen LogP contribution is -2.51. The highest BCUT2D eigenvalue weighted by molar-refractivity contribution is 6.03. The Morgan fingerprint density at radius 1 is 1.08 bits per heavy atom. The molecule has 4 amide bonds. The maximum atomic E-state index is 13.9. The molecular weight excluding hydrogens is 484 g/mol. The number of furan rings is 1. The van der Waals surface area contributed by atoms with Gasteiger partial charge in [0.25, 0.3) is 5.91 Å². The molecule has 0 saturated carbocycles. The van der Waals surface area contributed by atoms with Crippen LogP contribution in [0.5, 0.6) is 11.5 Å². The fourth-order valence-electron chi connectivity index (χ4n) is 4.94. The summed E-state index contributed by atoms with van der Waals surface area (Å²) in [6.07, 6.45) is 1.54. The van der Waals surface area contributed by atoms with Crippen LogP contribution in [-0.4, -0.2) is 47.3 Å². The fourth-order valence-corrected chi connectivity index (χ4v) is 4.94. The first-order valence-corrected chi connectivity index (χ1v) is 12.5. The lowest BCUT2D eigenvalue weighted by Gasteiger charge is -2.31. The number of benzene rings is 2. The van der Waals surface area contributed by atoms with Crippen LogP contribution in [0.25, 0.3) is 0 Å². The van der Waals surface area contributed by atoms with Crippen LogP contribution >= 0.6 is 0 Å². The number of carbonyl (C=O) groups excluding carboxylic acids is 3. The zero-order valence-electron chi connectivity index (χ0n) is 21.5. The van der Waals surface area contributed by atoms with Crippen LogP contribution < -0.4 is 15.4 Å². The number of amides is 4. The smallest absolute Gasteiger partial charge is 0.322 e. The topological polar surface area (TPSA) is 104 Å². The second-order valence-corrected chi connectivity index (χ2v) is 9.71. The number of hydrogen-bond donors (Lipinski definition) is 2. The molecule has 2 atom stereocenters. The first-order chi connectivity index (χ1) is 18.3. The van der Waals surface area contributed by atoms with Gasteiger partial charge in [-0.1, -0.05) is 44.2 Å². The molecule has 0 unspecified atom stereocenters. The van der Waals surface area contributed by atoms with E-state index in [-0.39, 0.29) is 36.9 Å². The van der Waals surface area contributed by atoms with Crippen molar-refractivity contribution in [2.75, 3.05) is 13.6 Å². The Hall–Kier alpha value is -4.53. The Labute approximate surface area is 221 Å². The highest BCUT2D eigenvalue weighted by Crippen LogP contribution is 2.38. The lowest BCUT2D eigenvalue weighted by molar-refractivity contribution is -0.138. The standard InChI is InChI=1S/C29H30N4O5/c1-18(2)26(27(34)30-16-22-13-8-14-37-22)33-17-23-24(28(33)35)25(31-29(36)32(23)3)19-9-7-12-21(15-19)38-20-10-5-4-6-11-20/h4-15,18,25-26H,16-17H2,1-3H3,(H,30,34)(H,31,36)/t25-,26-/m1/s1. The molecule has 2 N–H and O–H groups in total. The van der Waals surface area contributed by atoms with Crippen molar-refractivity contribution in [1.82, 2.24) is 20.4 Å². The van der Waals surface area contributed by atoms with Gasteiger partial charge in [-0.25, -0.2) is 4.79 Å². The van der Waals surface area contributed by atoms with Gasteiger partial charge >= 0.3 is 6.03 Å². The van der Waals surface area contributed by atoms with Gasteiger partial charge < -0.3 is 24.7 Å². The van der Waals surface area contributed by atoms with Crippen LogP contribution in [0.1, 0.15) is 31.2 Å². The van der Waals surface area contributed by atoms with E-state index < -0.39 is 12.1 Å². The number of urea groups is 1. The molecule has 9 nitrogen and oxygen atoms in total. The molecule has 3 heterocycles. The first-order valence-electron chi connectivity index (χ1n) is 12.5. The Balaban J connectivity index is 1.41. The summed E-state index contributed by atoms with van der Waals surface area (Å²) in [5.74, 6) is 1.17. The molecule has 5 rings (SSSR count). The highest BCUT2D eigenvalue weighted by atomic mass is 16.5. The van der Waals surface area contributed by atoms with Gasteiger partial charge in [-0.3, -0.25) is 14.5 Å². The summed E-state index contributed by atoms with van der Waals surface area (Å²) in [6.45, 7) is 4.18. The average molecular weight is 515 g/mol. The largest absolute Gasteiger partial charge is 0.467 e. The molecule has 9 heteroatoms. The normalized spacial score (nSPS) is 17.9. The molecule has 38 heavy (non-hydrogen) atoms. The van der Waals surface area contributed by atoms with Crippen LogP contribution in [0.3, 0.4) is 0 Å². The summed E-state index contributed by atoms with van der Waals surface area (Å²) in [5.41, 5.74) is 1.75. The molecule has 2 aliphatic rings. The van der Waals surface area contributed by atoms with Crippen LogP contribution in [0.15, 0.2) is 88.7 Å². The molecule has 2 aromatic carbocycles. The summed E-state index contributed by atoms with van der Waals surface area (Å²) in [5, 5.41) is 5.83. The number of hydrogen-bond acceptors (Lipinski definition) is 5. The third kappa shape index (κ3) is 4.87. The van der Waals surface area contributed by atoms with E-state index in [1.807, 2.05) is 68.4 Å². The second kappa shape index (κ2) is 10.5. The summed E-state index contributed by atoms with van der Waals surface area (Å²) in [4.78, 5) is 43.1. The van der Waals surface area contributed by atoms with Gasteiger partial charge in [0.2, 0.25) is 5.91 Å². The monoisotopic (exact) mass is 514 g/mol. The van der Waals surface area contributed by atoms with Gasteiger partial charge in [-0.05, 0) is 47.9 Å². The van der Waals surface area contributed by atoms with Crippen molar-refractivity contribution in [2.45, 2.75) is 32.5 Å². The van der Waals surface area contributed by atoms with E-state index in [9.17, 15) is 14.4 Å². The van der Waals surface area contributed by atoms with Crippen molar-refractivity contribution >= 4 is 17.8 Å². The zero-order chi connectivity index (χ0) is 26.8. The van der Waals surface area contributed by atoms with Crippen molar-refractivity contribution in [3.8, 4) is 11.5 Å². The lowest BCUT2D eigenvalue weighted by atomic mass is 9.95. The minimum Gasteiger partial charge on any atom is -0.467 e. The Kier molecular flexibility index (Phi) is 6.91. The maximum absolute atomic E-state index is 13.9. The summed E-state index contributed by atoms with van der Waals surface area (Å²) in [6, 6.07) is 18.5. The van der Waals surface area contributed by atoms with E-state index in [1.165, 1.54) is 4.90 Å². The molecule has 0 bridgehead atoms. The maximum Gasteiger partial charge on any atom is 0.322 e. The van der Waals surface area contributed by atoms with Crippen LogP contribution in [0.2, 0.25) is 0 Å². The third-order valence-corrected chi connectivity index (χ3v) is 6.81. The molecule has 0 fully saturated rings. The van der Waals surface area contributed by atoms with Crippen LogP contribution in [0.4, 0.5) is 4.79 Å². The Bertz CT molecular complexity index is 1370. The average Bonchev–Trinajstić information content (AvgIpc) is 3.54. The zero-order valence-corrected chi connectivity index (χ0v) is 21.5. The van der Waals surface area contributed by atoms with Gasteiger partial charge in [0, 0.05) is 7.05 Å². The summed E-state index contributed by atoms with van der Waals surface area (Å²) >= 11 is 0. The third-order valence-electron chi connectivity index (χ3n) is 6.81. The Morgan fingerprint density at radius 2 is 1.84 bits per heavy atom. The van der Waals surface area contributed by atoms with E-state index in [0.29, 0.717) is 34.1 Å². The molecule has 3 aromatic rings. The quantitative estimate of drug-likeness (QED) is 0.469. The van der Waals surface area contributed by atoms with E-state index in [2.05, 4.69) is 10.6 Å². The van der Waals surface area contributed by atoms with Gasteiger partial charge in [0.15, 0.2) is 0 Å². The first kappa shape index (κ1) is 25.1. The Morgan fingerprint density at radius 3 is 2.55 bits per heavy atom. The minimum atomic E-state index is -0.722. The van der Waals surface area contributed by atoms with Gasteiger partial charge in [-0.2, -0.15) is 0 Å². The second-order valence-electron chi connectivity index (χ2n) is 9.71. The van der Waals surface area contributed by atoms with Crippen molar-refractivity contribution in [2.24, 2.45) is 5.92 Å². The number of nitrogens with one attached hydrogen (secondary N) is 2. The number of carbonyl (C=O) groups is 3.